The van der Waals surface area contributed by atoms with Crippen LogP contribution in [0.5, 0.6) is 0 Å². The molecule has 2 atom stereocenters. The molecule has 16 heavy (non-hydrogen) atoms. The molecule has 2 rings (SSSR count). The van der Waals surface area contributed by atoms with Gasteiger partial charge in [0.05, 0.1) is 5.60 Å². The molecular formula is C14H27NO. The lowest BCUT2D eigenvalue weighted by Gasteiger charge is -2.41. The molecule has 0 aromatic heterocycles. The molecule has 94 valence electrons. The highest BCUT2D eigenvalue weighted by molar-refractivity contribution is 4.96. The maximum Gasteiger partial charge on any atom is 0.0810 e. The Morgan fingerprint density at radius 1 is 1.25 bits per heavy atom. The van der Waals surface area contributed by atoms with Gasteiger partial charge >= 0.3 is 0 Å². The largest absolute Gasteiger partial charge is 0.374 e. The lowest BCUT2D eigenvalue weighted by atomic mass is 9.76. The Hall–Kier alpha value is -0.0800. The van der Waals surface area contributed by atoms with Crippen LogP contribution in [0, 0.1) is 5.92 Å². The third-order valence-corrected chi connectivity index (χ3v) is 4.45. The van der Waals surface area contributed by atoms with Gasteiger partial charge in [0.2, 0.25) is 0 Å². The standard InChI is InChI=1S/C14H27NO/c1-3-15-13(12-8-5-4-6-9-12)14(2)10-7-11-16-14/h12-13,15H,3-11H2,1-2H3. The van der Waals surface area contributed by atoms with Gasteiger partial charge in [0.1, 0.15) is 0 Å². The van der Waals surface area contributed by atoms with Gasteiger partial charge in [0.25, 0.3) is 0 Å². The van der Waals surface area contributed by atoms with Gasteiger partial charge < -0.3 is 10.1 Å². The van der Waals surface area contributed by atoms with E-state index in [2.05, 4.69) is 19.2 Å². The molecule has 2 unspecified atom stereocenters. The topological polar surface area (TPSA) is 21.3 Å². The first-order valence-electron chi connectivity index (χ1n) is 7.13. The van der Waals surface area contributed by atoms with Gasteiger partial charge in [-0.2, -0.15) is 0 Å². The molecule has 0 aromatic rings. The van der Waals surface area contributed by atoms with Crippen molar-refractivity contribution in [1.29, 1.82) is 0 Å². The summed E-state index contributed by atoms with van der Waals surface area (Å²) in [7, 11) is 0. The van der Waals surface area contributed by atoms with Gasteiger partial charge in [-0.15, -0.1) is 0 Å². The van der Waals surface area contributed by atoms with Crippen LogP contribution in [0.2, 0.25) is 0 Å². The van der Waals surface area contributed by atoms with Crippen LogP contribution in [-0.2, 0) is 4.74 Å². The van der Waals surface area contributed by atoms with Crippen LogP contribution >= 0.6 is 0 Å². The molecule has 2 fully saturated rings. The third kappa shape index (κ3) is 2.60. The molecule has 0 spiro atoms. The summed E-state index contributed by atoms with van der Waals surface area (Å²) in [6.07, 6.45) is 9.55. The minimum Gasteiger partial charge on any atom is -0.374 e. The van der Waals surface area contributed by atoms with Crippen LogP contribution in [0.3, 0.4) is 0 Å². The Bertz CT molecular complexity index is 205. The van der Waals surface area contributed by atoms with Crippen LogP contribution in [0.15, 0.2) is 0 Å². The zero-order valence-corrected chi connectivity index (χ0v) is 10.9. The molecule has 2 aliphatic rings. The quantitative estimate of drug-likeness (QED) is 0.794. The van der Waals surface area contributed by atoms with E-state index in [-0.39, 0.29) is 5.60 Å². The van der Waals surface area contributed by atoms with E-state index in [9.17, 15) is 0 Å². The molecule has 1 N–H and O–H groups in total. The summed E-state index contributed by atoms with van der Waals surface area (Å²) in [4.78, 5) is 0. The lowest BCUT2D eigenvalue weighted by Crippen LogP contribution is -2.53. The van der Waals surface area contributed by atoms with Crippen molar-refractivity contribution < 1.29 is 4.74 Å². The summed E-state index contributed by atoms with van der Waals surface area (Å²) in [5.74, 6) is 0.844. The first-order valence-corrected chi connectivity index (χ1v) is 7.13. The average Bonchev–Trinajstić information content (AvgIpc) is 2.75. The van der Waals surface area contributed by atoms with Crippen molar-refractivity contribution in [3.63, 3.8) is 0 Å². The van der Waals surface area contributed by atoms with Gasteiger partial charge in [-0.25, -0.2) is 0 Å². The molecule has 1 heterocycles. The van der Waals surface area contributed by atoms with Crippen molar-refractivity contribution in [2.75, 3.05) is 13.2 Å². The lowest BCUT2D eigenvalue weighted by molar-refractivity contribution is -0.0333. The number of rotatable bonds is 4. The molecule has 0 bridgehead atoms. The molecule has 2 heteroatoms. The highest BCUT2D eigenvalue weighted by atomic mass is 16.5. The maximum atomic E-state index is 6.05. The normalized spacial score (nSPS) is 34.1. The number of hydrogen-bond acceptors (Lipinski definition) is 2. The molecule has 0 amide bonds. The SMILES string of the molecule is CCNC(C1CCCCC1)C1(C)CCCO1. The molecule has 1 aliphatic heterocycles. The van der Waals surface area contributed by atoms with E-state index in [0.717, 1.165) is 19.1 Å². The van der Waals surface area contributed by atoms with E-state index in [4.69, 9.17) is 4.74 Å². The van der Waals surface area contributed by atoms with Crippen LogP contribution in [0.4, 0.5) is 0 Å². The van der Waals surface area contributed by atoms with E-state index in [0.29, 0.717) is 6.04 Å². The van der Waals surface area contributed by atoms with E-state index in [1.54, 1.807) is 0 Å². The highest BCUT2D eigenvalue weighted by Gasteiger charge is 2.42. The number of ether oxygens (including phenoxy) is 1. The Kier molecular flexibility index (Phi) is 4.26. The van der Waals surface area contributed by atoms with Crippen molar-refractivity contribution in [2.45, 2.75) is 70.4 Å². The van der Waals surface area contributed by atoms with Crippen molar-refractivity contribution >= 4 is 0 Å². The van der Waals surface area contributed by atoms with Crippen LogP contribution in [-0.4, -0.2) is 24.8 Å². The summed E-state index contributed by atoms with van der Waals surface area (Å²) in [6, 6.07) is 0.584. The van der Waals surface area contributed by atoms with Crippen molar-refractivity contribution in [3.05, 3.63) is 0 Å². The van der Waals surface area contributed by atoms with E-state index < -0.39 is 0 Å². The molecule has 2 nitrogen and oxygen atoms in total. The van der Waals surface area contributed by atoms with E-state index >= 15 is 0 Å². The predicted octanol–water partition coefficient (Wildman–Crippen LogP) is 3.11. The van der Waals surface area contributed by atoms with Gasteiger partial charge in [-0.3, -0.25) is 0 Å². The van der Waals surface area contributed by atoms with Crippen LogP contribution in [0.25, 0.3) is 0 Å². The third-order valence-electron chi connectivity index (χ3n) is 4.45. The summed E-state index contributed by atoms with van der Waals surface area (Å²) < 4.78 is 6.05. The summed E-state index contributed by atoms with van der Waals surface area (Å²) >= 11 is 0. The first-order chi connectivity index (χ1) is 7.76. The summed E-state index contributed by atoms with van der Waals surface area (Å²) in [5.41, 5.74) is 0.109. The maximum absolute atomic E-state index is 6.05. The fourth-order valence-electron chi connectivity index (χ4n) is 3.61. The monoisotopic (exact) mass is 225 g/mol. The zero-order valence-electron chi connectivity index (χ0n) is 10.9. The summed E-state index contributed by atoms with van der Waals surface area (Å²) in [6.45, 7) is 6.57. The second-order valence-electron chi connectivity index (χ2n) is 5.70. The smallest absolute Gasteiger partial charge is 0.0810 e. The van der Waals surface area contributed by atoms with Gasteiger partial charge in [0.15, 0.2) is 0 Å². The summed E-state index contributed by atoms with van der Waals surface area (Å²) in [5, 5.41) is 3.71. The fraction of sp³-hybridized carbons (Fsp3) is 1.00. The van der Waals surface area contributed by atoms with Crippen LogP contribution in [0.1, 0.15) is 58.8 Å². The molecule has 0 aromatic carbocycles. The van der Waals surface area contributed by atoms with Gasteiger partial charge in [0, 0.05) is 12.6 Å². The number of nitrogens with one attached hydrogen (secondary N) is 1. The minimum absolute atomic E-state index is 0.109. The van der Waals surface area contributed by atoms with Crippen molar-refractivity contribution in [1.82, 2.24) is 5.32 Å². The Morgan fingerprint density at radius 2 is 2.00 bits per heavy atom. The first kappa shape index (κ1) is 12.4. The molecular weight excluding hydrogens is 198 g/mol. The van der Waals surface area contributed by atoms with Gasteiger partial charge in [-0.05, 0) is 45.1 Å². The van der Waals surface area contributed by atoms with Crippen molar-refractivity contribution in [3.8, 4) is 0 Å². The van der Waals surface area contributed by atoms with E-state index in [1.165, 1.54) is 44.9 Å². The number of hydrogen-bond donors (Lipinski definition) is 1. The Morgan fingerprint density at radius 3 is 2.56 bits per heavy atom. The van der Waals surface area contributed by atoms with Crippen LogP contribution < -0.4 is 5.32 Å². The Balaban J connectivity index is 2.02. The predicted molar refractivity (Wildman–Crippen MR) is 67.6 cm³/mol. The van der Waals surface area contributed by atoms with E-state index in [1.807, 2.05) is 0 Å². The minimum atomic E-state index is 0.109. The second kappa shape index (κ2) is 5.50. The highest BCUT2D eigenvalue weighted by Crippen LogP contribution is 2.37. The van der Waals surface area contributed by atoms with Gasteiger partial charge in [-0.1, -0.05) is 26.2 Å². The second-order valence-corrected chi connectivity index (χ2v) is 5.70. The fourth-order valence-corrected chi connectivity index (χ4v) is 3.61. The zero-order chi connectivity index (χ0) is 11.4. The molecule has 1 aliphatic carbocycles. The Labute approximate surface area is 100 Å². The molecule has 1 saturated heterocycles. The van der Waals surface area contributed by atoms with Crippen molar-refractivity contribution in [2.24, 2.45) is 5.92 Å². The molecule has 1 saturated carbocycles. The number of likely N-dealkylation sites (N-methyl/N-ethyl adjacent to an activating group) is 1. The average molecular weight is 225 g/mol. The molecule has 0 radical (unpaired) electrons.